The summed E-state index contributed by atoms with van der Waals surface area (Å²) in [7, 11) is 1.40. The van der Waals surface area contributed by atoms with Gasteiger partial charge >= 0.3 is 6.18 Å². The average Bonchev–Trinajstić information content (AvgIpc) is 3.11. The van der Waals surface area contributed by atoms with Crippen molar-refractivity contribution in [1.29, 1.82) is 0 Å². The SMILES string of the molecule is COc1cc(O)ccc1/C=C(/NC(=O)c1ccccc1)C(=O)Nc1cccc(SC(C(=O)Nc2cccc(C(F)(F)F)c2)c2ccccc2)c1. The number of amides is 3. The van der Waals surface area contributed by atoms with Crippen LogP contribution in [-0.4, -0.2) is 29.9 Å². The van der Waals surface area contributed by atoms with Crippen molar-refractivity contribution in [2.45, 2.75) is 16.3 Å². The second kappa shape index (κ2) is 15.9. The van der Waals surface area contributed by atoms with E-state index < -0.39 is 34.7 Å². The molecule has 8 nitrogen and oxygen atoms in total. The summed E-state index contributed by atoms with van der Waals surface area (Å²) in [5, 5.41) is 17.0. The minimum absolute atomic E-state index is 0.00510. The van der Waals surface area contributed by atoms with Crippen molar-refractivity contribution in [1.82, 2.24) is 5.32 Å². The fraction of sp³-hybridized carbons (Fsp3) is 0.0789. The quantitative estimate of drug-likeness (QED) is 0.0816. The summed E-state index contributed by atoms with van der Waals surface area (Å²) in [6.07, 6.45) is -3.16. The lowest BCUT2D eigenvalue weighted by atomic mass is 10.1. The zero-order valence-corrected chi connectivity index (χ0v) is 27.2. The third-order valence-electron chi connectivity index (χ3n) is 7.19. The Morgan fingerprint density at radius 2 is 1.44 bits per heavy atom. The molecule has 12 heteroatoms. The van der Waals surface area contributed by atoms with Crippen molar-refractivity contribution in [3.05, 3.63) is 155 Å². The Labute approximate surface area is 290 Å². The number of carbonyl (C=O) groups is 3. The smallest absolute Gasteiger partial charge is 0.416 e. The predicted molar refractivity (Wildman–Crippen MR) is 187 cm³/mol. The van der Waals surface area contributed by atoms with E-state index in [0.29, 0.717) is 27.3 Å². The van der Waals surface area contributed by atoms with Crippen molar-refractivity contribution in [2.24, 2.45) is 0 Å². The van der Waals surface area contributed by atoms with Crippen molar-refractivity contribution < 1.29 is 37.4 Å². The second-order valence-corrected chi connectivity index (χ2v) is 11.9. The molecule has 0 aliphatic carbocycles. The van der Waals surface area contributed by atoms with Crippen LogP contribution in [0.1, 0.15) is 32.3 Å². The van der Waals surface area contributed by atoms with E-state index in [2.05, 4.69) is 16.0 Å². The molecule has 5 aromatic rings. The topological polar surface area (TPSA) is 117 Å². The molecule has 1 unspecified atom stereocenters. The molecule has 0 fully saturated rings. The van der Waals surface area contributed by atoms with E-state index in [9.17, 15) is 32.7 Å². The number of ether oxygens (including phenoxy) is 1. The number of methoxy groups -OCH3 is 1. The van der Waals surface area contributed by atoms with Crippen LogP contribution >= 0.6 is 11.8 Å². The molecule has 0 aromatic heterocycles. The predicted octanol–water partition coefficient (Wildman–Crippen LogP) is 8.30. The number of phenolic OH excluding ortho intramolecular Hbond substituents is 1. The molecule has 0 saturated heterocycles. The molecule has 3 amide bonds. The van der Waals surface area contributed by atoms with E-state index in [1.807, 2.05) is 0 Å². The van der Waals surface area contributed by atoms with Crippen LogP contribution in [0.3, 0.4) is 0 Å². The van der Waals surface area contributed by atoms with Gasteiger partial charge in [0.1, 0.15) is 22.4 Å². The van der Waals surface area contributed by atoms with Gasteiger partial charge in [-0.2, -0.15) is 13.2 Å². The number of hydrogen-bond donors (Lipinski definition) is 4. The van der Waals surface area contributed by atoms with Crippen LogP contribution in [-0.2, 0) is 15.8 Å². The lowest BCUT2D eigenvalue weighted by Crippen LogP contribution is -2.30. The van der Waals surface area contributed by atoms with E-state index in [-0.39, 0.29) is 22.9 Å². The molecule has 1 atom stereocenters. The zero-order valence-electron chi connectivity index (χ0n) is 26.4. The number of carbonyl (C=O) groups excluding carboxylic acids is 3. The van der Waals surface area contributed by atoms with Crippen LogP contribution < -0.4 is 20.7 Å². The Morgan fingerprint density at radius 1 is 0.780 bits per heavy atom. The third kappa shape index (κ3) is 9.32. The number of anilines is 2. The fourth-order valence-electron chi connectivity index (χ4n) is 4.78. The first-order valence-electron chi connectivity index (χ1n) is 15.1. The van der Waals surface area contributed by atoms with Gasteiger partial charge in [0.2, 0.25) is 5.91 Å². The maximum Gasteiger partial charge on any atom is 0.416 e. The van der Waals surface area contributed by atoms with E-state index >= 15 is 0 Å². The summed E-state index contributed by atoms with van der Waals surface area (Å²) in [5.41, 5.74) is 0.650. The maximum atomic E-state index is 13.7. The standard InChI is InChI=1S/C38H30F3N3O5S/c1-49-33-23-30(45)19-18-26(33)20-32(44-35(46)25-12-6-3-7-13-25)36(47)42-29-16-9-17-31(22-29)50-34(24-10-4-2-5-11-24)37(48)43-28-15-8-14-27(21-28)38(39,40)41/h2-23,34,45H,1H3,(H,42,47)(H,43,48)(H,44,46)/b32-20+. The first kappa shape index (κ1) is 35.3. The van der Waals surface area contributed by atoms with Gasteiger partial charge < -0.3 is 25.8 Å². The van der Waals surface area contributed by atoms with Crippen molar-refractivity contribution in [2.75, 3.05) is 17.7 Å². The van der Waals surface area contributed by atoms with Gasteiger partial charge in [-0.25, -0.2) is 0 Å². The Balaban J connectivity index is 1.40. The van der Waals surface area contributed by atoms with Crippen LogP contribution in [0.4, 0.5) is 24.5 Å². The van der Waals surface area contributed by atoms with Crippen LogP contribution in [0, 0.1) is 0 Å². The molecule has 0 radical (unpaired) electrons. The molecule has 5 aromatic carbocycles. The minimum Gasteiger partial charge on any atom is -0.508 e. The van der Waals surface area contributed by atoms with Gasteiger partial charge in [0.15, 0.2) is 0 Å². The Kier molecular flexibility index (Phi) is 11.2. The maximum absolute atomic E-state index is 13.7. The number of alkyl halides is 3. The number of nitrogens with one attached hydrogen (secondary N) is 3. The van der Waals surface area contributed by atoms with E-state index in [0.717, 1.165) is 23.9 Å². The lowest BCUT2D eigenvalue weighted by molar-refractivity contribution is -0.137. The van der Waals surface area contributed by atoms with Crippen LogP contribution in [0.5, 0.6) is 11.5 Å². The van der Waals surface area contributed by atoms with Crippen molar-refractivity contribution in [3.63, 3.8) is 0 Å². The second-order valence-electron chi connectivity index (χ2n) is 10.8. The monoisotopic (exact) mass is 697 g/mol. The van der Waals surface area contributed by atoms with Gasteiger partial charge in [0.25, 0.3) is 11.8 Å². The zero-order chi connectivity index (χ0) is 35.7. The van der Waals surface area contributed by atoms with E-state index in [1.165, 1.54) is 43.5 Å². The summed E-state index contributed by atoms with van der Waals surface area (Å²) < 4.78 is 45.3. The van der Waals surface area contributed by atoms with Gasteiger partial charge in [0.05, 0.1) is 12.7 Å². The normalized spacial score (nSPS) is 12.0. The third-order valence-corrected chi connectivity index (χ3v) is 8.44. The number of rotatable bonds is 11. The van der Waals surface area contributed by atoms with Gasteiger partial charge in [-0.05, 0) is 72.3 Å². The molecule has 5 rings (SSSR count). The molecule has 0 saturated carbocycles. The van der Waals surface area contributed by atoms with Crippen molar-refractivity contribution in [3.8, 4) is 11.5 Å². The average molecular weight is 698 g/mol. The number of aromatic hydroxyl groups is 1. The lowest BCUT2D eigenvalue weighted by Gasteiger charge is -2.18. The van der Waals surface area contributed by atoms with E-state index in [4.69, 9.17) is 4.74 Å². The fourth-order valence-corrected chi connectivity index (χ4v) is 5.86. The first-order chi connectivity index (χ1) is 24.0. The largest absolute Gasteiger partial charge is 0.508 e. The Hall–Kier alpha value is -6.01. The van der Waals surface area contributed by atoms with Crippen LogP contribution in [0.25, 0.3) is 6.08 Å². The van der Waals surface area contributed by atoms with Gasteiger partial charge in [-0.1, -0.05) is 60.7 Å². The van der Waals surface area contributed by atoms with Crippen molar-refractivity contribution >= 4 is 46.9 Å². The Bertz CT molecular complexity index is 2020. The highest BCUT2D eigenvalue weighted by molar-refractivity contribution is 8.00. The molecule has 0 spiro atoms. The number of thioether (sulfide) groups is 1. The molecular weight excluding hydrogens is 667 g/mol. The molecule has 0 aliphatic rings. The highest BCUT2D eigenvalue weighted by Crippen LogP contribution is 2.38. The summed E-state index contributed by atoms with van der Waals surface area (Å²) in [6, 6.07) is 32.4. The van der Waals surface area contributed by atoms with Gasteiger partial charge in [-0.3, -0.25) is 14.4 Å². The minimum atomic E-state index is -4.57. The summed E-state index contributed by atoms with van der Waals surface area (Å²) in [4.78, 5) is 40.9. The summed E-state index contributed by atoms with van der Waals surface area (Å²) in [5.74, 6) is -1.55. The molecular formula is C38H30F3N3O5S. The van der Waals surface area contributed by atoms with Gasteiger partial charge in [0, 0.05) is 33.5 Å². The highest BCUT2D eigenvalue weighted by atomic mass is 32.2. The number of phenols is 1. The highest BCUT2D eigenvalue weighted by Gasteiger charge is 2.31. The molecule has 0 heterocycles. The molecule has 4 N–H and O–H groups in total. The van der Waals surface area contributed by atoms with E-state index in [1.54, 1.807) is 84.9 Å². The number of halogens is 3. The number of hydrogen-bond acceptors (Lipinski definition) is 6. The first-order valence-corrected chi connectivity index (χ1v) is 15.9. The number of benzene rings is 5. The Morgan fingerprint density at radius 3 is 2.12 bits per heavy atom. The molecule has 0 aliphatic heterocycles. The summed E-state index contributed by atoms with van der Waals surface area (Å²) in [6.45, 7) is 0. The summed E-state index contributed by atoms with van der Waals surface area (Å²) >= 11 is 1.14. The van der Waals surface area contributed by atoms with Crippen LogP contribution in [0.15, 0.2) is 138 Å². The molecule has 50 heavy (non-hydrogen) atoms. The molecule has 254 valence electrons. The van der Waals surface area contributed by atoms with Gasteiger partial charge in [-0.15, -0.1) is 11.8 Å². The molecule has 0 bridgehead atoms. The van der Waals surface area contributed by atoms with Crippen LogP contribution in [0.2, 0.25) is 0 Å².